The lowest BCUT2D eigenvalue weighted by atomic mass is 10.3. The summed E-state index contributed by atoms with van der Waals surface area (Å²) in [6, 6.07) is 5.70. The molecule has 2 fully saturated rings. The average molecular weight is 459 g/mol. The third-order valence-corrected chi connectivity index (χ3v) is 9.42. The van der Waals surface area contributed by atoms with Crippen LogP contribution < -0.4 is 5.32 Å². The number of carbonyl (C=O) groups excluding carboxylic acids is 1. The van der Waals surface area contributed by atoms with Gasteiger partial charge in [0.05, 0.1) is 16.3 Å². The van der Waals surface area contributed by atoms with E-state index in [2.05, 4.69) is 5.32 Å². The molecule has 9 nitrogen and oxygen atoms in total. The second-order valence-corrected chi connectivity index (χ2v) is 11.5. The van der Waals surface area contributed by atoms with E-state index in [-0.39, 0.29) is 22.2 Å². The number of hydrogen-bond donors (Lipinski definition) is 1. The maximum absolute atomic E-state index is 12.9. The van der Waals surface area contributed by atoms with Crippen LogP contribution in [0.4, 0.5) is 0 Å². The first-order chi connectivity index (χ1) is 14.2. The maximum Gasteiger partial charge on any atom is 0.243 e. The lowest BCUT2D eigenvalue weighted by molar-refractivity contribution is -0.122. The Balaban J connectivity index is 1.62. The number of piperazine rings is 1. The molecule has 1 N–H and O–H groups in total. The molecule has 0 atom stereocenters. The number of hydrogen-bond acceptors (Lipinski definition) is 6. The molecule has 1 aliphatic heterocycles. The molecule has 1 amide bonds. The molecular weight excluding hydrogens is 428 g/mol. The van der Waals surface area contributed by atoms with Gasteiger partial charge in [0.25, 0.3) is 0 Å². The van der Waals surface area contributed by atoms with Crippen molar-refractivity contribution < 1.29 is 21.6 Å². The van der Waals surface area contributed by atoms with Gasteiger partial charge in [-0.15, -0.1) is 0 Å². The smallest absolute Gasteiger partial charge is 0.243 e. The Bertz CT molecular complexity index is 947. The molecule has 0 aromatic heterocycles. The Morgan fingerprint density at radius 2 is 1.50 bits per heavy atom. The van der Waals surface area contributed by atoms with E-state index in [4.69, 9.17) is 0 Å². The predicted molar refractivity (Wildman–Crippen MR) is 113 cm³/mol. The first-order valence-electron chi connectivity index (χ1n) is 10.3. The molecule has 1 aromatic carbocycles. The minimum atomic E-state index is -3.72. The van der Waals surface area contributed by atoms with Gasteiger partial charge in [-0.1, -0.05) is 13.8 Å². The summed E-state index contributed by atoms with van der Waals surface area (Å²) in [6.45, 7) is 6.03. The largest absolute Gasteiger partial charge is 0.352 e. The van der Waals surface area contributed by atoms with Gasteiger partial charge in [-0.3, -0.25) is 9.69 Å². The quantitative estimate of drug-likeness (QED) is 0.571. The molecule has 0 spiro atoms. The Labute approximate surface area is 179 Å². The molecule has 0 radical (unpaired) electrons. The molecule has 1 aliphatic carbocycles. The Morgan fingerprint density at radius 1 is 0.967 bits per heavy atom. The van der Waals surface area contributed by atoms with Crippen LogP contribution in [0.3, 0.4) is 0 Å². The van der Waals surface area contributed by atoms with Crippen LogP contribution in [0.15, 0.2) is 34.1 Å². The summed E-state index contributed by atoms with van der Waals surface area (Å²) in [6.07, 6.45) is 2.07. The van der Waals surface area contributed by atoms with Crippen molar-refractivity contribution in [2.24, 2.45) is 0 Å². The fourth-order valence-electron chi connectivity index (χ4n) is 3.48. The van der Waals surface area contributed by atoms with E-state index in [0.29, 0.717) is 45.3 Å². The summed E-state index contributed by atoms with van der Waals surface area (Å²) in [4.78, 5) is 14.0. The fraction of sp³-hybridized carbons (Fsp3) is 0.632. The van der Waals surface area contributed by atoms with Crippen molar-refractivity contribution in [1.29, 1.82) is 0 Å². The molecule has 0 unspecified atom stereocenters. The van der Waals surface area contributed by atoms with Crippen LogP contribution in [0, 0.1) is 0 Å². The molecule has 1 aromatic rings. The minimum Gasteiger partial charge on any atom is -0.352 e. The Morgan fingerprint density at radius 3 is 2.00 bits per heavy atom. The van der Waals surface area contributed by atoms with Crippen molar-refractivity contribution in [2.75, 3.05) is 45.8 Å². The molecule has 0 bridgehead atoms. The van der Waals surface area contributed by atoms with Crippen LogP contribution in [0.5, 0.6) is 0 Å². The van der Waals surface area contributed by atoms with E-state index >= 15 is 0 Å². The second kappa shape index (κ2) is 9.31. The highest BCUT2D eigenvalue weighted by Gasteiger charge is 2.31. The number of sulfonamides is 2. The average Bonchev–Trinajstić information content (AvgIpc) is 3.53. The highest BCUT2D eigenvalue weighted by Crippen LogP contribution is 2.22. The van der Waals surface area contributed by atoms with Crippen LogP contribution >= 0.6 is 0 Å². The van der Waals surface area contributed by atoms with Crippen LogP contribution in [0.2, 0.25) is 0 Å². The van der Waals surface area contributed by atoms with Gasteiger partial charge in [-0.25, -0.2) is 16.8 Å². The minimum absolute atomic E-state index is 0.0150. The molecular formula is C19H30N4O5S2. The van der Waals surface area contributed by atoms with E-state index in [1.54, 1.807) is 13.8 Å². The van der Waals surface area contributed by atoms with E-state index in [0.717, 1.165) is 12.8 Å². The summed E-state index contributed by atoms with van der Waals surface area (Å²) in [5.74, 6) is -0.0150. The van der Waals surface area contributed by atoms with E-state index in [1.807, 2.05) is 4.90 Å². The topological polar surface area (TPSA) is 107 Å². The van der Waals surface area contributed by atoms with Crippen LogP contribution in [0.1, 0.15) is 26.7 Å². The summed E-state index contributed by atoms with van der Waals surface area (Å²) in [5, 5.41) is 2.94. The number of amides is 1. The predicted octanol–water partition coefficient (Wildman–Crippen LogP) is 0.302. The van der Waals surface area contributed by atoms with Crippen molar-refractivity contribution in [1.82, 2.24) is 18.8 Å². The molecule has 1 saturated carbocycles. The normalized spacial score (nSPS) is 19.2. The third-order valence-electron chi connectivity index (χ3n) is 5.45. The highest BCUT2D eigenvalue weighted by molar-refractivity contribution is 7.89. The van der Waals surface area contributed by atoms with E-state index < -0.39 is 20.0 Å². The number of carbonyl (C=O) groups is 1. The molecule has 1 heterocycles. The zero-order valence-corrected chi connectivity index (χ0v) is 19.1. The van der Waals surface area contributed by atoms with Gasteiger partial charge in [0, 0.05) is 45.3 Å². The van der Waals surface area contributed by atoms with Crippen LogP contribution in [-0.2, 0) is 24.8 Å². The van der Waals surface area contributed by atoms with Gasteiger partial charge >= 0.3 is 0 Å². The Kier molecular flexibility index (Phi) is 7.18. The zero-order valence-electron chi connectivity index (χ0n) is 17.5. The molecule has 11 heteroatoms. The molecule has 168 valence electrons. The standard InChI is InChI=1S/C19H30N4O5S2/c1-3-22(4-2)29(25,26)17-7-9-18(10-8-17)30(27,28)23-13-11-21(12-14-23)15-19(24)20-16-5-6-16/h7-10,16H,3-6,11-15H2,1-2H3,(H,20,24). The van der Waals surface area contributed by atoms with Gasteiger partial charge in [0.15, 0.2) is 0 Å². The van der Waals surface area contributed by atoms with E-state index in [1.165, 1.54) is 32.9 Å². The fourth-order valence-corrected chi connectivity index (χ4v) is 6.36. The number of nitrogens with zero attached hydrogens (tertiary/aromatic N) is 3. The number of rotatable bonds is 9. The first-order valence-corrected chi connectivity index (χ1v) is 13.2. The number of benzene rings is 1. The molecule has 2 aliphatic rings. The maximum atomic E-state index is 12.9. The van der Waals surface area contributed by atoms with Gasteiger partial charge in [-0.05, 0) is 37.1 Å². The molecule has 3 rings (SSSR count). The zero-order chi connectivity index (χ0) is 21.9. The number of nitrogens with one attached hydrogen (secondary N) is 1. The lowest BCUT2D eigenvalue weighted by Gasteiger charge is -2.33. The molecule has 1 saturated heterocycles. The third kappa shape index (κ3) is 5.20. The van der Waals surface area contributed by atoms with Gasteiger partial charge < -0.3 is 5.32 Å². The van der Waals surface area contributed by atoms with E-state index in [9.17, 15) is 21.6 Å². The monoisotopic (exact) mass is 458 g/mol. The second-order valence-electron chi connectivity index (χ2n) is 7.58. The van der Waals surface area contributed by atoms with Crippen molar-refractivity contribution in [2.45, 2.75) is 42.5 Å². The van der Waals surface area contributed by atoms with Crippen LogP contribution in [-0.4, -0.2) is 88.1 Å². The van der Waals surface area contributed by atoms with Crippen molar-refractivity contribution in [3.05, 3.63) is 24.3 Å². The van der Waals surface area contributed by atoms with Crippen molar-refractivity contribution in [3.63, 3.8) is 0 Å². The summed E-state index contributed by atoms with van der Waals surface area (Å²) >= 11 is 0. The summed E-state index contributed by atoms with van der Waals surface area (Å²) in [7, 11) is -7.35. The van der Waals surface area contributed by atoms with Crippen molar-refractivity contribution >= 4 is 26.0 Å². The van der Waals surface area contributed by atoms with Gasteiger partial charge in [0.1, 0.15) is 0 Å². The van der Waals surface area contributed by atoms with Crippen molar-refractivity contribution in [3.8, 4) is 0 Å². The highest BCUT2D eigenvalue weighted by atomic mass is 32.2. The lowest BCUT2D eigenvalue weighted by Crippen LogP contribution is -2.51. The van der Waals surface area contributed by atoms with Gasteiger partial charge in [-0.2, -0.15) is 8.61 Å². The summed E-state index contributed by atoms with van der Waals surface area (Å²) in [5.41, 5.74) is 0. The van der Waals surface area contributed by atoms with Crippen LogP contribution in [0.25, 0.3) is 0 Å². The summed E-state index contributed by atoms with van der Waals surface area (Å²) < 4.78 is 53.8. The molecule has 30 heavy (non-hydrogen) atoms. The SMILES string of the molecule is CCN(CC)S(=O)(=O)c1ccc(S(=O)(=O)N2CCN(CC(=O)NC3CC3)CC2)cc1. The Hall–Kier alpha value is -1.53. The van der Waals surface area contributed by atoms with Gasteiger partial charge in [0.2, 0.25) is 26.0 Å². The first kappa shape index (κ1) is 23.1.